The Kier molecular flexibility index (Phi) is 4.95. The Morgan fingerprint density at radius 3 is 2.44 bits per heavy atom. The maximum Gasteiger partial charge on any atom is 0.242 e. The van der Waals surface area contributed by atoms with Crippen LogP contribution in [0.3, 0.4) is 0 Å². The van der Waals surface area contributed by atoms with Crippen LogP contribution in [0.5, 0.6) is 0 Å². The average molecular weight is 372 g/mol. The third kappa shape index (κ3) is 4.17. The number of carbonyl (C=O) groups excluding carboxylic acids is 2. The van der Waals surface area contributed by atoms with E-state index in [1.165, 1.54) is 25.0 Å². The van der Waals surface area contributed by atoms with Crippen molar-refractivity contribution in [1.82, 2.24) is 9.80 Å². The molecule has 1 saturated carbocycles. The van der Waals surface area contributed by atoms with Gasteiger partial charge in [0.2, 0.25) is 11.8 Å². The molecule has 4 nitrogen and oxygen atoms in total. The molecule has 0 bridgehead atoms. The summed E-state index contributed by atoms with van der Waals surface area (Å²) in [6, 6.07) is 6.72. The minimum atomic E-state index is -0.201. The Morgan fingerprint density at radius 2 is 1.81 bits per heavy atom. The second kappa shape index (κ2) is 7.25. The molecule has 3 aliphatic rings. The molecule has 1 aromatic carbocycles. The van der Waals surface area contributed by atoms with Crippen LogP contribution in [0.4, 0.5) is 4.39 Å². The fourth-order valence-electron chi connectivity index (χ4n) is 4.84. The maximum atomic E-state index is 13.0. The third-order valence-electron chi connectivity index (χ3n) is 6.75. The van der Waals surface area contributed by atoms with Crippen LogP contribution in [0, 0.1) is 23.1 Å². The highest BCUT2D eigenvalue weighted by atomic mass is 19.1. The van der Waals surface area contributed by atoms with Gasteiger partial charge in [0.25, 0.3) is 0 Å². The van der Waals surface area contributed by atoms with E-state index in [0.29, 0.717) is 18.3 Å². The topological polar surface area (TPSA) is 40.6 Å². The van der Waals surface area contributed by atoms with Crippen LogP contribution >= 0.6 is 0 Å². The molecule has 2 heterocycles. The third-order valence-corrected chi connectivity index (χ3v) is 6.75. The molecular weight excluding hydrogens is 343 g/mol. The Hall–Kier alpha value is -1.91. The van der Waals surface area contributed by atoms with E-state index in [9.17, 15) is 14.0 Å². The molecule has 0 radical (unpaired) electrons. The predicted molar refractivity (Wildman–Crippen MR) is 101 cm³/mol. The van der Waals surface area contributed by atoms with Crippen molar-refractivity contribution in [3.05, 3.63) is 35.6 Å². The number of benzene rings is 1. The highest BCUT2D eigenvalue weighted by Crippen LogP contribution is 2.50. The summed E-state index contributed by atoms with van der Waals surface area (Å²) in [4.78, 5) is 28.7. The van der Waals surface area contributed by atoms with Gasteiger partial charge in [-0.2, -0.15) is 0 Å². The number of likely N-dealkylation sites (tertiary alicyclic amines) is 2. The van der Waals surface area contributed by atoms with Crippen LogP contribution < -0.4 is 0 Å². The van der Waals surface area contributed by atoms with Crippen LogP contribution in [-0.2, 0) is 16.0 Å². The van der Waals surface area contributed by atoms with Crippen molar-refractivity contribution in [3.8, 4) is 0 Å². The molecule has 2 amide bonds. The van der Waals surface area contributed by atoms with Gasteiger partial charge in [-0.1, -0.05) is 19.1 Å². The molecule has 5 heteroatoms. The Bertz CT molecular complexity index is 708. The zero-order valence-electron chi connectivity index (χ0n) is 16.1. The average Bonchev–Trinajstić information content (AvgIpc) is 3.45. The summed E-state index contributed by atoms with van der Waals surface area (Å²) >= 11 is 0. The zero-order valence-corrected chi connectivity index (χ0v) is 16.1. The van der Waals surface area contributed by atoms with Crippen LogP contribution in [-0.4, -0.2) is 47.8 Å². The van der Waals surface area contributed by atoms with Gasteiger partial charge in [0.1, 0.15) is 5.82 Å². The number of halogens is 1. The number of hydrogen-bond acceptors (Lipinski definition) is 2. The van der Waals surface area contributed by atoms with E-state index in [1.54, 1.807) is 4.90 Å². The molecule has 146 valence electrons. The molecule has 1 unspecified atom stereocenters. The Labute approximate surface area is 160 Å². The highest BCUT2D eigenvalue weighted by Gasteiger charge is 2.49. The number of amides is 2. The van der Waals surface area contributed by atoms with E-state index in [1.807, 2.05) is 17.0 Å². The SMILES string of the molecule is CC1(C2CC2)CC(=O)N(CC(=O)N2CCC(Cc3ccc(F)cc3)CC2)C1. The van der Waals surface area contributed by atoms with Crippen LogP contribution in [0.25, 0.3) is 0 Å². The van der Waals surface area contributed by atoms with Crippen LogP contribution in [0.15, 0.2) is 24.3 Å². The molecule has 4 rings (SSSR count). The van der Waals surface area contributed by atoms with Crippen molar-refractivity contribution >= 4 is 11.8 Å². The molecule has 1 aliphatic carbocycles. The minimum Gasteiger partial charge on any atom is -0.341 e. The van der Waals surface area contributed by atoms with Crippen molar-refractivity contribution in [3.63, 3.8) is 0 Å². The summed E-state index contributed by atoms with van der Waals surface area (Å²) in [6.07, 6.45) is 5.94. The molecule has 1 atom stereocenters. The van der Waals surface area contributed by atoms with Gasteiger partial charge in [0, 0.05) is 26.1 Å². The predicted octanol–water partition coefficient (Wildman–Crippen LogP) is 3.26. The summed E-state index contributed by atoms with van der Waals surface area (Å²) < 4.78 is 13.0. The van der Waals surface area contributed by atoms with Gasteiger partial charge in [-0.05, 0) is 67.1 Å². The number of piperidine rings is 1. The first-order valence-corrected chi connectivity index (χ1v) is 10.2. The molecular formula is C22H29FN2O2. The van der Waals surface area contributed by atoms with E-state index in [2.05, 4.69) is 6.92 Å². The number of rotatable bonds is 5. The van der Waals surface area contributed by atoms with E-state index >= 15 is 0 Å². The van der Waals surface area contributed by atoms with Crippen molar-refractivity contribution in [2.45, 2.75) is 45.4 Å². The molecule has 2 aliphatic heterocycles. The largest absolute Gasteiger partial charge is 0.341 e. The number of nitrogens with zero attached hydrogens (tertiary/aromatic N) is 2. The van der Waals surface area contributed by atoms with Gasteiger partial charge in [0.05, 0.1) is 6.54 Å². The molecule has 1 aromatic rings. The first-order chi connectivity index (χ1) is 12.9. The zero-order chi connectivity index (χ0) is 19.0. The quantitative estimate of drug-likeness (QED) is 0.796. The Morgan fingerprint density at radius 1 is 1.15 bits per heavy atom. The van der Waals surface area contributed by atoms with Gasteiger partial charge in [-0.3, -0.25) is 9.59 Å². The fourth-order valence-corrected chi connectivity index (χ4v) is 4.84. The number of hydrogen-bond donors (Lipinski definition) is 0. The standard InChI is InChI=1S/C22H29FN2O2/c1-22(18-4-5-18)13-20(26)25(15-22)14-21(27)24-10-8-17(9-11-24)12-16-2-6-19(23)7-3-16/h2-3,6-7,17-18H,4-5,8-15H2,1H3. The summed E-state index contributed by atoms with van der Waals surface area (Å²) in [5.74, 6) is 1.23. The van der Waals surface area contributed by atoms with Gasteiger partial charge >= 0.3 is 0 Å². The van der Waals surface area contributed by atoms with Crippen molar-refractivity contribution in [2.24, 2.45) is 17.3 Å². The molecule has 0 N–H and O–H groups in total. The monoisotopic (exact) mass is 372 g/mol. The van der Waals surface area contributed by atoms with E-state index in [0.717, 1.165) is 44.5 Å². The van der Waals surface area contributed by atoms with Gasteiger partial charge in [-0.15, -0.1) is 0 Å². The lowest BCUT2D eigenvalue weighted by atomic mass is 9.84. The summed E-state index contributed by atoms with van der Waals surface area (Å²) in [7, 11) is 0. The highest BCUT2D eigenvalue weighted by molar-refractivity contribution is 5.86. The van der Waals surface area contributed by atoms with Gasteiger partial charge in [-0.25, -0.2) is 4.39 Å². The Balaban J connectivity index is 1.25. The van der Waals surface area contributed by atoms with Crippen molar-refractivity contribution in [1.29, 1.82) is 0 Å². The molecule has 3 fully saturated rings. The molecule has 2 saturated heterocycles. The maximum absolute atomic E-state index is 13.0. The first kappa shape index (κ1) is 18.5. The van der Waals surface area contributed by atoms with Gasteiger partial charge < -0.3 is 9.80 Å². The minimum absolute atomic E-state index is 0.0829. The molecule has 27 heavy (non-hydrogen) atoms. The second-order valence-corrected chi connectivity index (χ2v) is 9.01. The summed E-state index contributed by atoms with van der Waals surface area (Å²) in [6.45, 7) is 4.69. The van der Waals surface area contributed by atoms with Crippen LogP contribution in [0.2, 0.25) is 0 Å². The van der Waals surface area contributed by atoms with Crippen molar-refractivity contribution in [2.75, 3.05) is 26.2 Å². The second-order valence-electron chi connectivity index (χ2n) is 9.01. The van der Waals surface area contributed by atoms with Crippen LogP contribution in [0.1, 0.15) is 44.6 Å². The molecule has 0 spiro atoms. The van der Waals surface area contributed by atoms with E-state index in [-0.39, 0.29) is 29.6 Å². The molecule has 0 aromatic heterocycles. The lowest BCUT2D eigenvalue weighted by Crippen LogP contribution is -2.45. The lowest BCUT2D eigenvalue weighted by Gasteiger charge is -2.33. The lowest BCUT2D eigenvalue weighted by molar-refractivity contribution is -0.139. The smallest absolute Gasteiger partial charge is 0.242 e. The normalized spacial score (nSPS) is 26.7. The van der Waals surface area contributed by atoms with E-state index < -0.39 is 0 Å². The fraction of sp³-hybridized carbons (Fsp3) is 0.636. The van der Waals surface area contributed by atoms with Crippen molar-refractivity contribution < 1.29 is 14.0 Å². The van der Waals surface area contributed by atoms with E-state index in [4.69, 9.17) is 0 Å². The summed E-state index contributed by atoms with van der Waals surface area (Å²) in [5, 5.41) is 0. The summed E-state index contributed by atoms with van der Waals surface area (Å²) in [5.41, 5.74) is 1.24. The number of carbonyl (C=O) groups is 2. The van der Waals surface area contributed by atoms with Gasteiger partial charge in [0.15, 0.2) is 0 Å². The first-order valence-electron chi connectivity index (χ1n) is 10.2.